The molecular weight excluding hydrogens is 362 g/mol. The van der Waals surface area contributed by atoms with Crippen LogP contribution in [-0.2, 0) is 9.47 Å². The molecule has 1 aliphatic rings. The predicted molar refractivity (Wildman–Crippen MR) is 102 cm³/mol. The Bertz CT molecular complexity index is 914. The summed E-state index contributed by atoms with van der Waals surface area (Å²) in [6, 6.07) is 13.9. The predicted octanol–water partition coefficient (Wildman–Crippen LogP) is 4.42. The molecule has 2 aromatic rings. The zero-order valence-electron chi connectivity index (χ0n) is 15.1. The van der Waals surface area contributed by atoms with Crippen molar-refractivity contribution in [2.45, 2.75) is 28.9 Å². The van der Waals surface area contributed by atoms with Gasteiger partial charge >= 0.3 is 0 Å². The second-order valence-corrected chi connectivity index (χ2v) is 6.92. The highest BCUT2D eigenvalue weighted by atomic mass is 32.2. The van der Waals surface area contributed by atoms with Gasteiger partial charge in [0.25, 0.3) is 0 Å². The van der Waals surface area contributed by atoms with Crippen molar-refractivity contribution in [3.8, 4) is 17.9 Å². The molecule has 1 heterocycles. The van der Waals surface area contributed by atoms with Crippen LogP contribution in [0.3, 0.4) is 0 Å². The molecular formula is C20H19N3O3S. The highest BCUT2D eigenvalue weighted by molar-refractivity contribution is 7.99. The number of rotatable bonds is 7. The van der Waals surface area contributed by atoms with Gasteiger partial charge in [-0.1, -0.05) is 23.9 Å². The SMILES string of the molecule is COC(CCCOc1c(C#N)c(C#N)cc2c1Nc1ccccc1S2)OC. The first-order valence-corrected chi connectivity index (χ1v) is 9.27. The molecule has 0 aliphatic carbocycles. The van der Waals surface area contributed by atoms with E-state index in [2.05, 4.69) is 17.5 Å². The Kier molecular flexibility index (Phi) is 6.20. The molecule has 138 valence electrons. The van der Waals surface area contributed by atoms with Crippen LogP contribution in [0.25, 0.3) is 0 Å². The van der Waals surface area contributed by atoms with Crippen LogP contribution in [0.15, 0.2) is 40.1 Å². The quantitative estimate of drug-likeness (QED) is 0.479. The minimum absolute atomic E-state index is 0.249. The molecule has 27 heavy (non-hydrogen) atoms. The zero-order chi connectivity index (χ0) is 19.2. The lowest BCUT2D eigenvalue weighted by Crippen LogP contribution is -2.14. The normalized spacial score (nSPS) is 11.7. The molecule has 0 radical (unpaired) electrons. The van der Waals surface area contributed by atoms with Crippen LogP contribution in [0.1, 0.15) is 24.0 Å². The van der Waals surface area contributed by atoms with Crippen molar-refractivity contribution in [3.05, 3.63) is 41.5 Å². The summed E-state index contributed by atoms with van der Waals surface area (Å²) < 4.78 is 16.3. The van der Waals surface area contributed by atoms with Gasteiger partial charge in [0.15, 0.2) is 12.0 Å². The molecule has 1 aliphatic heterocycles. The molecule has 1 N–H and O–H groups in total. The maximum Gasteiger partial charge on any atom is 0.162 e. The number of methoxy groups -OCH3 is 2. The topological polar surface area (TPSA) is 87.3 Å². The fourth-order valence-corrected chi connectivity index (χ4v) is 3.88. The molecule has 7 heteroatoms. The number of nitrogens with zero attached hydrogens (tertiary/aromatic N) is 2. The largest absolute Gasteiger partial charge is 0.490 e. The Morgan fingerprint density at radius 2 is 1.89 bits per heavy atom. The van der Waals surface area contributed by atoms with Crippen LogP contribution in [0.2, 0.25) is 0 Å². The van der Waals surface area contributed by atoms with Crippen LogP contribution in [0.4, 0.5) is 11.4 Å². The number of nitrogens with one attached hydrogen (secondary N) is 1. The van der Waals surface area contributed by atoms with E-state index in [4.69, 9.17) is 14.2 Å². The number of hydrogen-bond acceptors (Lipinski definition) is 7. The van der Waals surface area contributed by atoms with Gasteiger partial charge < -0.3 is 19.5 Å². The fourth-order valence-electron chi connectivity index (χ4n) is 2.85. The average molecular weight is 381 g/mol. The Morgan fingerprint density at radius 3 is 2.59 bits per heavy atom. The van der Waals surface area contributed by atoms with E-state index in [1.165, 1.54) is 0 Å². The lowest BCUT2D eigenvalue weighted by atomic mass is 10.1. The Morgan fingerprint density at radius 1 is 1.11 bits per heavy atom. The van der Waals surface area contributed by atoms with E-state index in [0.29, 0.717) is 30.8 Å². The highest BCUT2D eigenvalue weighted by Gasteiger charge is 2.25. The molecule has 0 fully saturated rings. The summed E-state index contributed by atoms with van der Waals surface area (Å²) in [6.45, 7) is 0.382. The number of anilines is 2. The standard InChI is InChI=1S/C20H19N3O3S/c1-24-18(25-2)8-5-9-26-20-14(12-22)13(11-21)10-17-19(20)23-15-6-3-4-7-16(15)27-17/h3-4,6-7,10,18,23H,5,8-9H2,1-2H3. The molecule has 0 saturated carbocycles. The maximum absolute atomic E-state index is 9.59. The molecule has 0 atom stereocenters. The number of hydrogen-bond donors (Lipinski definition) is 1. The smallest absolute Gasteiger partial charge is 0.162 e. The fraction of sp³-hybridized carbons (Fsp3) is 0.300. The first kappa shape index (κ1) is 19.1. The lowest BCUT2D eigenvalue weighted by molar-refractivity contribution is -0.107. The summed E-state index contributed by atoms with van der Waals surface area (Å²) in [7, 11) is 3.18. The molecule has 0 unspecified atom stereocenters. The Balaban J connectivity index is 1.88. The van der Waals surface area contributed by atoms with E-state index in [9.17, 15) is 10.5 Å². The first-order valence-electron chi connectivity index (χ1n) is 8.45. The Hall–Kier alpha value is -2.71. The van der Waals surface area contributed by atoms with Crippen molar-refractivity contribution in [2.75, 3.05) is 26.1 Å². The number of fused-ring (bicyclic) bond motifs is 2. The summed E-state index contributed by atoms with van der Waals surface area (Å²) in [6.07, 6.45) is 1.07. The first-order chi connectivity index (χ1) is 13.2. The van der Waals surface area contributed by atoms with E-state index >= 15 is 0 Å². The lowest BCUT2D eigenvalue weighted by Gasteiger charge is -2.24. The molecule has 3 rings (SSSR count). The van der Waals surface area contributed by atoms with E-state index < -0.39 is 0 Å². The summed E-state index contributed by atoms with van der Waals surface area (Å²) in [5.74, 6) is 0.417. The van der Waals surface area contributed by atoms with Gasteiger partial charge in [-0.2, -0.15) is 10.5 Å². The van der Waals surface area contributed by atoms with Crippen molar-refractivity contribution < 1.29 is 14.2 Å². The number of nitriles is 2. The summed E-state index contributed by atoms with van der Waals surface area (Å²) in [5.41, 5.74) is 2.24. The third-order valence-electron chi connectivity index (χ3n) is 4.20. The molecule has 6 nitrogen and oxygen atoms in total. The summed E-state index contributed by atoms with van der Waals surface area (Å²) >= 11 is 1.55. The van der Waals surface area contributed by atoms with E-state index in [0.717, 1.165) is 21.2 Å². The van der Waals surface area contributed by atoms with Crippen molar-refractivity contribution in [1.29, 1.82) is 10.5 Å². The van der Waals surface area contributed by atoms with Crippen molar-refractivity contribution in [1.82, 2.24) is 0 Å². The Labute approximate surface area is 162 Å². The average Bonchev–Trinajstić information content (AvgIpc) is 2.71. The van der Waals surface area contributed by atoms with Crippen LogP contribution in [-0.4, -0.2) is 27.1 Å². The van der Waals surface area contributed by atoms with Crippen molar-refractivity contribution in [3.63, 3.8) is 0 Å². The van der Waals surface area contributed by atoms with Crippen LogP contribution >= 0.6 is 11.8 Å². The molecule has 0 aromatic heterocycles. The minimum atomic E-state index is -0.288. The molecule has 0 bridgehead atoms. The van der Waals surface area contributed by atoms with Crippen LogP contribution in [0, 0.1) is 22.7 Å². The maximum atomic E-state index is 9.59. The number of ether oxygens (including phenoxy) is 3. The number of benzene rings is 2. The second-order valence-electron chi connectivity index (χ2n) is 5.84. The van der Waals surface area contributed by atoms with E-state index in [1.807, 2.05) is 24.3 Å². The van der Waals surface area contributed by atoms with Crippen molar-refractivity contribution in [2.24, 2.45) is 0 Å². The highest BCUT2D eigenvalue weighted by Crippen LogP contribution is 2.49. The molecule has 0 spiro atoms. The summed E-state index contributed by atoms with van der Waals surface area (Å²) in [4.78, 5) is 1.93. The molecule has 2 aromatic carbocycles. The van der Waals surface area contributed by atoms with Gasteiger partial charge in [0.1, 0.15) is 17.7 Å². The third-order valence-corrected chi connectivity index (χ3v) is 5.32. The van der Waals surface area contributed by atoms with Gasteiger partial charge in [-0.25, -0.2) is 0 Å². The molecule has 0 amide bonds. The van der Waals surface area contributed by atoms with E-state index in [-0.39, 0.29) is 11.9 Å². The zero-order valence-corrected chi connectivity index (χ0v) is 15.9. The van der Waals surface area contributed by atoms with Gasteiger partial charge in [0.2, 0.25) is 0 Å². The van der Waals surface area contributed by atoms with Gasteiger partial charge in [-0.05, 0) is 24.6 Å². The van der Waals surface area contributed by atoms with Gasteiger partial charge in [-0.3, -0.25) is 0 Å². The van der Waals surface area contributed by atoms with E-state index in [1.54, 1.807) is 32.0 Å². The summed E-state index contributed by atoms with van der Waals surface area (Å²) in [5, 5.41) is 22.4. The number of para-hydroxylation sites is 1. The van der Waals surface area contributed by atoms with Crippen molar-refractivity contribution >= 4 is 23.1 Å². The van der Waals surface area contributed by atoms with Gasteiger partial charge in [0.05, 0.1) is 23.5 Å². The monoisotopic (exact) mass is 381 g/mol. The van der Waals surface area contributed by atoms with Crippen LogP contribution < -0.4 is 10.1 Å². The second kappa shape index (κ2) is 8.79. The van der Waals surface area contributed by atoms with Gasteiger partial charge in [0, 0.05) is 30.4 Å². The minimum Gasteiger partial charge on any atom is -0.490 e. The van der Waals surface area contributed by atoms with Crippen LogP contribution in [0.5, 0.6) is 5.75 Å². The van der Waals surface area contributed by atoms with Gasteiger partial charge in [-0.15, -0.1) is 0 Å². The molecule has 0 saturated heterocycles. The third kappa shape index (κ3) is 4.01.